The normalized spacial score (nSPS) is 12.1. The summed E-state index contributed by atoms with van der Waals surface area (Å²) >= 11 is 1.23. The van der Waals surface area contributed by atoms with Gasteiger partial charge in [-0.3, -0.25) is 9.78 Å². The maximum Gasteiger partial charge on any atom is 0.277 e. The monoisotopic (exact) mass is 396 g/mol. The van der Waals surface area contributed by atoms with Gasteiger partial charge in [0.05, 0.1) is 17.4 Å². The van der Waals surface area contributed by atoms with Crippen molar-refractivity contribution in [3.05, 3.63) is 59.9 Å². The van der Waals surface area contributed by atoms with Gasteiger partial charge in [0, 0.05) is 12.4 Å². The highest BCUT2D eigenvalue weighted by Crippen LogP contribution is 2.24. The Labute approximate surface area is 169 Å². The van der Waals surface area contributed by atoms with Crippen LogP contribution in [-0.4, -0.2) is 26.8 Å². The zero-order valence-corrected chi connectivity index (χ0v) is 17.1. The van der Waals surface area contributed by atoms with E-state index in [1.54, 1.807) is 18.5 Å². The first-order valence-corrected chi connectivity index (χ1v) is 10.3. The average molecular weight is 397 g/mol. The Balaban J connectivity index is 1.58. The minimum atomic E-state index is -0.0654. The van der Waals surface area contributed by atoms with Gasteiger partial charge in [-0.1, -0.05) is 56.8 Å². The van der Waals surface area contributed by atoms with Crippen LogP contribution in [0.1, 0.15) is 37.9 Å². The van der Waals surface area contributed by atoms with Crippen LogP contribution in [0.25, 0.3) is 11.5 Å². The summed E-state index contributed by atoms with van der Waals surface area (Å²) in [6.45, 7) is 6.33. The molecule has 1 amide bonds. The molecule has 3 rings (SSSR count). The predicted molar refractivity (Wildman–Crippen MR) is 110 cm³/mol. The Morgan fingerprint density at radius 2 is 1.96 bits per heavy atom. The van der Waals surface area contributed by atoms with Crippen molar-refractivity contribution in [3.63, 3.8) is 0 Å². The smallest absolute Gasteiger partial charge is 0.277 e. The fourth-order valence-electron chi connectivity index (χ4n) is 2.81. The number of nitrogens with zero attached hydrogens (tertiary/aromatic N) is 3. The topological polar surface area (TPSA) is 80.9 Å². The summed E-state index contributed by atoms with van der Waals surface area (Å²) in [4.78, 5) is 16.5. The van der Waals surface area contributed by atoms with Crippen LogP contribution in [0.3, 0.4) is 0 Å². The number of amides is 1. The van der Waals surface area contributed by atoms with Crippen LogP contribution < -0.4 is 5.32 Å². The lowest BCUT2D eigenvalue weighted by atomic mass is 9.95. The van der Waals surface area contributed by atoms with E-state index in [1.807, 2.05) is 6.07 Å². The molecule has 0 spiro atoms. The van der Waals surface area contributed by atoms with Gasteiger partial charge in [0.1, 0.15) is 0 Å². The lowest BCUT2D eigenvalue weighted by molar-refractivity contribution is -0.119. The van der Waals surface area contributed by atoms with E-state index in [-0.39, 0.29) is 23.6 Å². The second-order valence-electron chi connectivity index (χ2n) is 6.79. The lowest BCUT2D eigenvalue weighted by Crippen LogP contribution is -2.33. The van der Waals surface area contributed by atoms with Crippen molar-refractivity contribution in [1.82, 2.24) is 20.5 Å². The molecule has 0 aliphatic rings. The van der Waals surface area contributed by atoms with Crippen LogP contribution >= 0.6 is 11.8 Å². The van der Waals surface area contributed by atoms with E-state index in [1.165, 1.54) is 17.3 Å². The fourth-order valence-corrected chi connectivity index (χ4v) is 3.39. The summed E-state index contributed by atoms with van der Waals surface area (Å²) in [6, 6.07) is 12.0. The predicted octanol–water partition coefficient (Wildman–Crippen LogP) is 4.30. The largest absolute Gasteiger partial charge is 0.411 e. The van der Waals surface area contributed by atoms with Crippen molar-refractivity contribution < 1.29 is 9.21 Å². The Hall–Kier alpha value is -2.67. The van der Waals surface area contributed by atoms with E-state index < -0.39 is 0 Å². The van der Waals surface area contributed by atoms with Crippen molar-refractivity contribution in [3.8, 4) is 11.5 Å². The number of benzene rings is 1. The van der Waals surface area contributed by atoms with Crippen molar-refractivity contribution in [2.75, 3.05) is 5.75 Å². The number of carbonyl (C=O) groups excluding carboxylic acids is 1. The maximum atomic E-state index is 12.5. The minimum absolute atomic E-state index is 0.0346. The molecule has 0 unspecified atom stereocenters. The summed E-state index contributed by atoms with van der Waals surface area (Å²) in [6.07, 6.45) is 4.34. The van der Waals surface area contributed by atoms with E-state index in [2.05, 4.69) is 65.5 Å². The molecular formula is C21H24N4O2S. The molecule has 0 radical (unpaired) electrons. The van der Waals surface area contributed by atoms with Crippen LogP contribution in [0.5, 0.6) is 0 Å². The van der Waals surface area contributed by atoms with Crippen molar-refractivity contribution in [2.24, 2.45) is 5.92 Å². The van der Waals surface area contributed by atoms with E-state index in [9.17, 15) is 4.79 Å². The molecule has 0 bridgehead atoms. The van der Waals surface area contributed by atoms with Crippen LogP contribution in [0.4, 0.5) is 0 Å². The van der Waals surface area contributed by atoms with Crippen molar-refractivity contribution >= 4 is 17.7 Å². The first-order valence-electron chi connectivity index (χ1n) is 9.31. The highest BCUT2D eigenvalue weighted by molar-refractivity contribution is 7.99. The van der Waals surface area contributed by atoms with E-state index >= 15 is 0 Å². The maximum absolute atomic E-state index is 12.5. The highest BCUT2D eigenvalue weighted by Gasteiger charge is 2.19. The molecule has 2 heterocycles. The van der Waals surface area contributed by atoms with Gasteiger partial charge < -0.3 is 9.73 Å². The fraction of sp³-hybridized carbons (Fsp3) is 0.333. The number of carbonyl (C=O) groups is 1. The summed E-state index contributed by atoms with van der Waals surface area (Å²) in [5.74, 6) is 0.823. The minimum Gasteiger partial charge on any atom is -0.411 e. The molecule has 1 atom stereocenters. The van der Waals surface area contributed by atoms with Crippen LogP contribution in [0.2, 0.25) is 0 Å². The van der Waals surface area contributed by atoms with Gasteiger partial charge in [-0.05, 0) is 35.6 Å². The van der Waals surface area contributed by atoms with Crippen molar-refractivity contribution in [2.45, 2.75) is 38.5 Å². The highest BCUT2D eigenvalue weighted by atomic mass is 32.2. The molecule has 28 heavy (non-hydrogen) atoms. The third-order valence-electron chi connectivity index (χ3n) is 4.37. The molecule has 2 aromatic heterocycles. The van der Waals surface area contributed by atoms with Gasteiger partial charge in [-0.2, -0.15) is 0 Å². The SMILES string of the molecule is CCc1ccc([C@@H](NC(=O)CSc2nnc(-c3cccnc3)o2)C(C)C)cc1. The number of nitrogens with one attached hydrogen (secondary N) is 1. The van der Waals surface area contributed by atoms with E-state index in [0.29, 0.717) is 11.1 Å². The van der Waals surface area contributed by atoms with Crippen LogP contribution in [-0.2, 0) is 11.2 Å². The molecule has 3 aromatic rings. The van der Waals surface area contributed by atoms with Gasteiger partial charge in [-0.15, -0.1) is 10.2 Å². The molecule has 146 valence electrons. The molecule has 1 aromatic carbocycles. The van der Waals surface area contributed by atoms with Gasteiger partial charge in [0.25, 0.3) is 5.22 Å². The molecule has 0 fully saturated rings. The molecule has 0 aliphatic carbocycles. The van der Waals surface area contributed by atoms with Gasteiger partial charge >= 0.3 is 0 Å². The molecule has 7 heteroatoms. The Kier molecular flexibility index (Phi) is 6.81. The number of hydrogen-bond acceptors (Lipinski definition) is 6. The first kappa shape index (κ1) is 20.1. The van der Waals surface area contributed by atoms with Crippen LogP contribution in [0.15, 0.2) is 58.4 Å². The molecule has 0 aliphatic heterocycles. The number of thioether (sulfide) groups is 1. The summed E-state index contributed by atoms with van der Waals surface area (Å²) < 4.78 is 5.60. The van der Waals surface area contributed by atoms with E-state index in [0.717, 1.165) is 17.5 Å². The number of hydrogen-bond donors (Lipinski definition) is 1. The Morgan fingerprint density at radius 1 is 1.18 bits per heavy atom. The number of pyridine rings is 1. The second-order valence-corrected chi connectivity index (χ2v) is 7.71. The Bertz CT molecular complexity index is 894. The molecule has 0 saturated heterocycles. The zero-order valence-electron chi connectivity index (χ0n) is 16.3. The zero-order chi connectivity index (χ0) is 19.9. The third-order valence-corrected chi connectivity index (χ3v) is 5.19. The van der Waals surface area contributed by atoms with Gasteiger partial charge in [-0.25, -0.2) is 0 Å². The quantitative estimate of drug-likeness (QED) is 0.572. The molecule has 1 N–H and O–H groups in total. The first-order chi connectivity index (χ1) is 13.6. The summed E-state index contributed by atoms with van der Waals surface area (Å²) in [7, 11) is 0. The van der Waals surface area contributed by atoms with Crippen molar-refractivity contribution in [1.29, 1.82) is 0 Å². The molecular weight excluding hydrogens is 372 g/mol. The number of rotatable bonds is 8. The third kappa shape index (κ3) is 5.19. The van der Waals surface area contributed by atoms with Gasteiger partial charge in [0.2, 0.25) is 11.8 Å². The number of aromatic nitrogens is 3. The van der Waals surface area contributed by atoms with Crippen LogP contribution in [0, 0.1) is 5.92 Å². The number of aryl methyl sites for hydroxylation is 1. The molecule has 6 nitrogen and oxygen atoms in total. The standard InChI is InChI=1S/C21H24N4O2S/c1-4-15-7-9-16(10-8-15)19(14(2)3)23-18(26)13-28-21-25-24-20(27-21)17-6-5-11-22-12-17/h5-12,14,19H,4,13H2,1-3H3,(H,23,26)/t19-/m0/s1. The second kappa shape index (κ2) is 9.50. The average Bonchev–Trinajstić information content (AvgIpc) is 3.20. The summed E-state index contributed by atoms with van der Waals surface area (Å²) in [5.41, 5.74) is 3.15. The summed E-state index contributed by atoms with van der Waals surface area (Å²) in [5, 5.41) is 11.5. The van der Waals surface area contributed by atoms with Gasteiger partial charge in [0.15, 0.2) is 0 Å². The van der Waals surface area contributed by atoms with E-state index in [4.69, 9.17) is 4.42 Å². The Morgan fingerprint density at radius 3 is 2.61 bits per heavy atom. The molecule has 0 saturated carbocycles. The lowest BCUT2D eigenvalue weighted by Gasteiger charge is -2.23.